The number of methoxy groups -OCH3 is 1. The van der Waals surface area contributed by atoms with Crippen LogP contribution < -0.4 is 10.1 Å². The number of ether oxygens (including phenoxy) is 1. The van der Waals surface area contributed by atoms with Gasteiger partial charge in [0.25, 0.3) is 5.91 Å². The number of nitrogens with one attached hydrogen (secondary N) is 1. The van der Waals surface area contributed by atoms with Gasteiger partial charge in [-0.2, -0.15) is 0 Å². The van der Waals surface area contributed by atoms with Crippen LogP contribution in [0.5, 0.6) is 5.75 Å². The topological polar surface area (TPSA) is 51.2 Å². The van der Waals surface area contributed by atoms with Crippen LogP contribution in [0, 0.1) is 0 Å². The molecule has 1 N–H and O–H groups in total. The van der Waals surface area contributed by atoms with Gasteiger partial charge in [-0.3, -0.25) is 9.78 Å². The first kappa shape index (κ1) is 13.4. The number of hydrogen-bond acceptors (Lipinski definition) is 3. The number of halogens is 1. The Labute approximate surface area is 116 Å². The van der Waals surface area contributed by atoms with E-state index >= 15 is 0 Å². The third-order valence-corrected chi connectivity index (χ3v) is 2.90. The number of carbonyl (C=O) groups is 1. The van der Waals surface area contributed by atoms with Crippen molar-refractivity contribution in [2.24, 2.45) is 0 Å². The lowest BCUT2D eigenvalue weighted by atomic mass is 10.2. The highest BCUT2D eigenvalue weighted by Crippen LogP contribution is 2.18. The zero-order valence-electron chi connectivity index (χ0n) is 10.4. The minimum absolute atomic E-state index is 0.244. The number of hydrogen-bond donors (Lipinski definition) is 1. The first-order chi connectivity index (χ1) is 9.24. The molecule has 0 unspecified atom stereocenters. The van der Waals surface area contributed by atoms with Crippen LogP contribution in [0.2, 0.25) is 0 Å². The molecule has 1 amide bonds. The summed E-state index contributed by atoms with van der Waals surface area (Å²) >= 11 is 5.76. The van der Waals surface area contributed by atoms with Gasteiger partial charge in [-0.25, -0.2) is 0 Å². The van der Waals surface area contributed by atoms with E-state index < -0.39 is 0 Å². The molecule has 1 heterocycles. The summed E-state index contributed by atoms with van der Waals surface area (Å²) in [4.78, 5) is 16.1. The van der Waals surface area contributed by atoms with Crippen LogP contribution in [0.1, 0.15) is 15.9 Å². The van der Waals surface area contributed by atoms with Crippen LogP contribution in [0.25, 0.3) is 0 Å². The highest BCUT2D eigenvalue weighted by molar-refractivity contribution is 6.17. The zero-order valence-corrected chi connectivity index (χ0v) is 11.1. The number of aromatic nitrogens is 1. The third-order valence-electron chi connectivity index (χ3n) is 2.59. The fraction of sp³-hybridized carbons (Fsp3) is 0.143. The average Bonchev–Trinajstić information content (AvgIpc) is 2.47. The highest BCUT2D eigenvalue weighted by Gasteiger charge is 2.12. The summed E-state index contributed by atoms with van der Waals surface area (Å²) < 4.78 is 5.10. The molecule has 2 aromatic rings. The Balaban J connectivity index is 2.20. The predicted molar refractivity (Wildman–Crippen MR) is 74.7 cm³/mol. The molecule has 0 aliphatic heterocycles. The van der Waals surface area contributed by atoms with E-state index in [1.54, 1.807) is 12.3 Å². The molecule has 0 aliphatic rings. The van der Waals surface area contributed by atoms with E-state index in [4.69, 9.17) is 16.3 Å². The molecular weight excluding hydrogens is 264 g/mol. The summed E-state index contributed by atoms with van der Waals surface area (Å²) in [6.45, 7) is 0. The summed E-state index contributed by atoms with van der Waals surface area (Å²) in [7, 11) is 1.50. The van der Waals surface area contributed by atoms with Gasteiger partial charge in [-0.1, -0.05) is 12.1 Å². The van der Waals surface area contributed by atoms with Gasteiger partial charge in [-0.05, 0) is 23.8 Å². The maximum atomic E-state index is 12.1. The molecule has 1 aromatic carbocycles. The van der Waals surface area contributed by atoms with Crippen LogP contribution in [-0.4, -0.2) is 18.0 Å². The molecule has 19 heavy (non-hydrogen) atoms. The molecule has 5 heteroatoms. The Hall–Kier alpha value is -2.07. The summed E-state index contributed by atoms with van der Waals surface area (Å²) in [5, 5.41) is 2.80. The van der Waals surface area contributed by atoms with Crippen molar-refractivity contribution in [1.29, 1.82) is 0 Å². The molecule has 0 aliphatic carbocycles. The minimum Gasteiger partial charge on any atom is -0.494 e. The monoisotopic (exact) mass is 276 g/mol. The van der Waals surface area contributed by atoms with Gasteiger partial charge in [0.2, 0.25) is 0 Å². The van der Waals surface area contributed by atoms with Gasteiger partial charge in [0.05, 0.1) is 18.9 Å². The van der Waals surface area contributed by atoms with Crippen molar-refractivity contribution < 1.29 is 9.53 Å². The second kappa shape index (κ2) is 6.20. The Morgan fingerprint density at radius 2 is 2.26 bits per heavy atom. The van der Waals surface area contributed by atoms with E-state index in [2.05, 4.69) is 10.3 Å². The van der Waals surface area contributed by atoms with Gasteiger partial charge in [-0.15, -0.1) is 11.6 Å². The molecule has 0 spiro atoms. The molecule has 0 bridgehead atoms. The molecule has 0 saturated carbocycles. The number of benzene rings is 1. The van der Waals surface area contributed by atoms with Crippen LogP contribution in [0.15, 0.2) is 42.7 Å². The minimum atomic E-state index is -0.244. The Kier molecular flexibility index (Phi) is 4.36. The highest BCUT2D eigenvalue weighted by atomic mass is 35.5. The second-order valence-electron chi connectivity index (χ2n) is 3.86. The fourth-order valence-corrected chi connectivity index (χ4v) is 1.83. The number of rotatable bonds is 4. The molecule has 2 rings (SSSR count). The predicted octanol–water partition coefficient (Wildman–Crippen LogP) is 3.08. The number of anilines is 1. The number of carbonyl (C=O) groups excluding carboxylic acids is 1. The third kappa shape index (κ3) is 3.23. The van der Waals surface area contributed by atoms with Crippen molar-refractivity contribution in [2.75, 3.05) is 12.4 Å². The standard InChI is InChI=1S/C14H13ClN2O2/c1-19-13-9-16-6-5-12(13)14(18)17-11-4-2-3-10(7-11)8-15/h2-7,9H,8H2,1H3,(H,17,18). The fourth-order valence-electron chi connectivity index (χ4n) is 1.66. The van der Waals surface area contributed by atoms with Crippen LogP contribution >= 0.6 is 11.6 Å². The zero-order chi connectivity index (χ0) is 13.7. The van der Waals surface area contributed by atoms with Gasteiger partial charge in [0, 0.05) is 17.8 Å². The molecular formula is C14H13ClN2O2. The number of pyridine rings is 1. The second-order valence-corrected chi connectivity index (χ2v) is 4.13. The van der Waals surface area contributed by atoms with Gasteiger partial charge in [0.1, 0.15) is 5.75 Å². The summed E-state index contributed by atoms with van der Waals surface area (Å²) in [6.07, 6.45) is 3.05. The molecule has 98 valence electrons. The first-order valence-corrected chi connectivity index (χ1v) is 6.22. The number of nitrogens with zero attached hydrogens (tertiary/aromatic N) is 1. The Bertz CT molecular complexity index is 587. The molecule has 0 fully saturated rings. The van der Waals surface area contributed by atoms with E-state index in [1.165, 1.54) is 13.3 Å². The number of amides is 1. The summed E-state index contributed by atoms with van der Waals surface area (Å²) in [6, 6.07) is 8.99. The maximum Gasteiger partial charge on any atom is 0.259 e. The van der Waals surface area contributed by atoms with Crippen molar-refractivity contribution >= 4 is 23.2 Å². The van der Waals surface area contributed by atoms with E-state index in [0.717, 1.165) is 5.56 Å². The van der Waals surface area contributed by atoms with Crippen LogP contribution in [0.4, 0.5) is 5.69 Å². The van der Waals surface area contributed by atoms with Crippen molar-refractivity contribution in [3.05, 3.63) is 53.9 Å². The number of alkyl halides is 1. The lowest BCUT2D eigenvalue weighted by Gasteiger charge is -2.09. The lowest BCUT2D eigenvalue weighted by molar-refractivity contribution is 0.102. The summed E-state index contributed by atoms with van der Waals surface area (Å²) in [5.41, 5.74) is 2.08. The molecule has 0 atom stereocenters. The quantitative estimate of drug-likeness (QED) is 0.873. The molecule has 4 nitrogen and oxygen atoms in total. The normalized spacial score (nSPS) is 10.0. The van der Waals surface area contributed by atoms with E-state index in [9.17, 15) is 4.79 Å². The van der Waals surface area contributed by atoms with Crippen LogP contribution in [0.3, 0.4) is 0 Å². The van der Waals surface area contributed by atoms with Crippen LogP contribution in [-0.2, 0) is 5.88 Å². The molecule has 0 saturated heterocycles. The van der Waals surface area contributed by atoms with Crippen molar-refractivity contribution in [3.63, 3.8) is 0 Å². The Morgan fingerprint density at radius 3 is 3.00 bits per heavy atom. The van der Waals surface area contributed by atoms with E-state index in [-0.39, 0.29) is 5.91 Å². The average molecular weight is 277 g/mol. The van der Waals surface area contributed by atoms with Crippen molar-refractivity contribution in [2.45, 2.75) is 5.88 Å². The van der Waals surface area contributed by atoms with E-state index in [1.807, 2.05) is 24.3 Å². The molecule has 1 aromatic heterocycles. The first-order valence-electron chi connectivity index (χ1n) is 5.69. The van der Waals surface area contributed by atoms with Gasteiger partial charge < -0.3 is 10.1 Å². The Morgan fingerprint density at radius 1 is 1.42 bits per heavy atom. The largest absolute Gasteiger partial charge is 0.494 e. The SMILES string of the molecule is COc1cnccc1C(=O)Nc1cccc(CCl)c1. The van der Waals surface area contributed by atoms with E-state index in [0.29, 0.717) is 22.9 Å². The van der Waals surface area contributed by atoms with Crippen molar-refractivity contribution in [1.82, 2.24) is 4.98 Å². The van der Waals surface area contributed by atoms with Gasteiger partial charge >= 0.3 is 0 Å². The van der Waals surface area contributed by atoms with Crippen molar-refractivity contribution in [3.8, 4) is 5.75 Å². The maximum absolute atomic E-state index is 12.1. The van der Waals surface area contributed by atoms with Gasteiger partial charge in [0.15, 0.2) is 0 Å². The lowest BCUT2D eigenvalue weighted by Crippen LogP contribution is -2.13. The molecule has 0 radical (unpaired) electrons. The smallest absolute Gasteiger partial charge is 0.259 e. The summed E-state index contributed by atoms with van der Waals surface area (Å²) in [5.74, 6) is 0.599.